The lowest BCUT2D eigenvalue weighted by molar-refractivity contribution is -0.135. The van der Waals surface area contributed by atoms with E-state index in [2.05, 4.69) is 5.32 Å². The number of alkyl halides is 3. The Hall–Kier alpha value is -0.330. The Bertz CT molecular complexity index is 265. The monoisotopic (exact) mass is 267 g/mol. The second-order valence-electron chi connectivity index (χ2n) is 5.20. The summed E-state index contributed by atoms with van der Waals surface area (Å²) in [6.07, 6.45) is -2.00. The van der Waals surface area contributed by atoms with E-state index in [1.54, 1.807) is 0 Å². The van der Waals surface area contributed by atoms with Gasteiger partial charge in [0, 0.05) is 32.1 Å². The van der Waals surface area contributed by atoms with E-state index in [1.165, 1.54) is 0 Å². The van der Waals surface area contributed by atoms with Crippen molar-refractivity contribution >= 4 is 0 Å². The third-order valence-electron chi connectivity index (χ3n) is 3.63. The number of hydrogen-bond donors (Lipinski definition) is 1. The minimum Gasteiger partial charge on any atom is -0.378 e. The Labute approximate surface area is 105 Å². The molecular weight excluding hydrogens is 247 g/mol. The number of hydrogen-bond acceptors (Lipinski definition) is 3. The molecule has 0 bridgehead atoms. The summed E-state index contributed by atoms with van der Waals surface area (Å²) in [5.74, 6) is 0. The Morgan fingerprint density at radius 3 is 2.78 bits per heavy atom. The summed E-state index contributed by atoms with van der Waals surface area (Å²) in [5.41, 5.74) is -0.181. The molecule has 0 aromatic rings. The molecule has 106 valence electrons. The average Bonchev–Trinajstić information content (AvgIpc) is 2.72. The van der Waals surface area contributed by atoms with Crippen LogP contribution in [0.1, 0.15) is 32.1 Å². The zero-order valence-electron chi connectivity index (χ0n) is 10.4. The second kappa shape index (κ2) is 5.75. The van der Waals surface area contributed by atoms with Crippen LogP contribution in [0.2, 0.25) is 0 Å². The molecule has 0 aromatic heterocycles. The molecule has 0 amide bonds. The van der Waals surface area contributed by atoms with Crippen molar-refractivity contribution in [3.05, 3.63) is 0 Å². The Morgan fingerprint density at radius 1 is 1.28 bits per heavy atom. The zero-order valence-corrected chi connectivity index (χ0v) is 10.4. The second-order valence-corrected chi connectivity index (χ2v) is 5.20. The summed E-state index contributed by atoms with van der Waals surface area (Å²) < 4.78 is 47.1. The Balaban J connectivity index is 1.67. The van der Waals surface area contributed by atoms with E-state index >= 15 is 0 Å². The van der Waals surface area contributed by atoms with Crippen LogP contribution < -0.4 is 5.32 Å². The molecular formula is C12H20F3NO2. The van der Waals surface area contributed by atoms with E-state index in [0.717, 1.165) is 25.9 Å². The number of nitrogens with one attached hydrogen (secondary N) is 1. The minimum absolute atomic E-state index is 0.143. The van der Waals surface area contributed by atoms with E-state index in [1.807, 2.05) is 0 Å². The molecule has 2 rings (SSSR count). The average molecular weight is 267 g/mol. The van der Waals surface area contributed by atoms with Gasteiger partial charge in [-0.25, -0.2) is 0 Å². The Kier molecular flexibility index (Phi) is 4.50. The molecule has 6 heteroatoms. The van der Waals surface area contributed by atoms with E-state index in [0.29, 0.717) is 19.8 Å². The highest BCUT2D eigenvalue weighted by Gasteiger charge is 2.40. The molecule has 0 aromatic carbocycles. The van der Waals surface area contributed by atoms with Crippen LogP contribution in [0.4, 0.5) is 13.2 Å². The molecule has 2 aliphatic rings. The molecule has 2 fully saturated rings. The van der Waals surface area contributed by atoms with Crippen LogP contribution in [0.15, 0.2) is 0 Å². The van der Waals surface area contributed by atoms with Crippen LogP contribution in [-0.4, -0.2) is 44.2 Å². The first kappa shape index (κ1) is 14.1. The predicted octanol–water partition coefficient (Wildman–Crippen LogP) is 2.26. The summed E-state index contributed by atoms with van der Waals surface area (Å²) in [6.45, 7) is 2.43. The van der Waals surface area contributed by atoms with Crippen molar-refractivity contribution in [1.29, 1.82) is 0 Å². The molecule has 1 spiro atoms. The third-order valence-corrected chi connectivity index (χ3v) is 3.63. The number of ether oxygens (including phenoxy) is 2. The van der Waals surface area contributed by atoms with E-state index in [4.69, 9.17) is 9.47 Å². The molecule has 2 heterocycles. The van der Waals surface area contributed by atoms with Gasteiger partial charge in [0.25, 0.3) is 0 Å². The first-order chi connectivity index (χ1) is 8.49. The van der Waals surface area contributed by atoms with Gasteiger partial charge in [0.05, 0.1) is 12.2 Å². The fourth-order valence-corrected chi connectivity index (χ4v) is 2.66. The first-order valence-corrected chi connectivity index (χ1v) is 6.51. The normalized spacial score (nSPS) is 33.2. The molecule has 2 unspecified atom stereocenters. The van der Waals surface area contributed by atoms with E-state index < -0.39 is 12.6 Å². The van der Waals surface area contributed by atoms with Gasteiger partial charge in [-0.1, -0.05) is 0 Å². The summed E-state index contributed by atoms with van der Waals surface area (Å²) in [6, 6.07) is 0.258. The first-order valence-electron chi connectivity index (χ1n) is 6.51. The van der Waals surface area contributed by atoms with Gasteiger partial charge >= 0.3 is 6.18 Å². The lowest BCUT2D eigenvalue weighted by atomic mass is 9.89. The largest absolute Gasteiger partial charge is 0.389 e. The van der Waals surface area contributed by atoms with Crippen molar-refractivity contribution in [2.24, 2.45) is 0 Å². The summed E-state index contributed by atoms with van der Waals surface area (Å²) in [5, 5.41) is 3.21. The van der Waals surface area contributed by atoms with Crippen LogP contribution in [0, 0.1) is 0 Å². The maximum Gasteiger partial charge on any atom is 0.389 e. The highest BCUT2D eigenvalue weighted by atomic mass is 19.4. The highest BCUT2D eigenvalue weighted by Crippen LogP contribution is 2.32. The summed E-state index contributed by atoms with van der Waals surface area (Å²) >= 11 is 0. The van der Waals surface area contributed by atoms with Crippen molar-refractivity contribution in [3.8, 4) is 0 Å². The van der Waals surface area contributed by atoms with Crippen LogP contribution in [0.25, 0.3) is 0 Å². The number of halogens is 3. The maximum absolute atomic E-state index is 12.0. The maximum atomic E-state index is 12.0. The molecule has 0 radical (unpaired) electrons. The molecule has 1 N–H and O–H groups in total. The smallest absolute Gasteiger partial charge is 0.378 e. The quantitative estimate of drug-likeness (QED) is 0.793. The summed E-state index contributed by atoms with van der Waals surface area (Å²) in [4.78, 5) is 0. The van der Waals surface area contributed by atoms with Gasteiger partial charge in [-0.15, -0.1) is 0 Å². The van der Waals surface area contributed by atoms with Gasteiger partial charge < -0.3 is 14.8 Å². The van der Waals surface area contributed by atoms with Crippen molar-refractivity contribution in [1.82, 2.24) is 5.32 Å². The van der Waals surface area contributed by atoms with Crippen LogP contribution in [0.5, 0.6) is 0 Å². The van der Waals surface area contributed by atoms with Gasteiger partial charge in [-0.2, -0.15) is 13.2 Å². The van der Waals surface area contributed by atoms with Crippen molar-refractivity contribution < 1.29 is 22.6 Å². The summed E-state index contributed by atoms with van der Waals surface area (Å²) in [7, 11) is 0. The van der Waals surface area contributed by atoms with Crippen molar-refractivity contribution in [3.63, 3.8) is 0 Å². The van der Waals surface area contributed by atoms with Gasteiger partial charge in [0.15, 0.2) is 0 Å². The molecule has 3 nitrogen and oxygen atoms in total. The van der Waals surface area contributed by atoms with Crippen LogP contribution in [-0.2, 0) is 9.47 Å². The third kappa shape index (κ3) is 4.10. The lowest BCUT2D eigenvalue weighted by Crippen LogP contribution is -2.47. The lowest BCUT2D eigenvalue weighted by Gasteiger charge is -2.37. The van der Waals surface area contributed by atoms with Gasteiger partial charge in [0.2, 0.25) is 0 Å². The topological polar surface area (TPSA) is 30.5 Å². The molecule has 2 saturated heterocycles. The van der Waals surface area contributed by atoms with Crippen LogP contribution in [0.3, 0.4) is 0 Å². The standard InChI is InChI=1S/C12H20F3NO2/c13-12(14,15)3-1-5-16-10-2-6-18-11(8-10)4-7-17-9-11/h10,16H,1-9H2. The zero-order chi connectivity index (χ0) is 13.1. The van der Waals surface area contributed by atoms with E-state index in [9.17, 15) is 13.2 Å². The van der Waals surface area contributed by atoms with Gasteiger partial charge in [0.1, 0.15) is 0 Å². The fourth-order valence-electron chi connectivity index (χ4n) is 2.66. The minimum atomic E-state index is -4.04. The Morgan fingerprint density at radius 2 is 2.11 bits per heavy atom. The van der Waals surface area contributed by atoms with Gasteiger partial charge in [-0.05, 0) is 25.8 Å². The number of rotatable bonds is 4. The van der Waals surface area contributed by atoms with Crippen molar-refractivity contribution in [2.45, 2.75) is 49.9 Å². The van der Waals surface area contributed by atoms with Crippen molar-refractivity contribution in [2.75, 3.05) is 26.4 Å². The molecule has 2 atom stereocenters. The molecule has 2 aliphatic heterocycles. The van der Waals surface area contributed by atoms with Gasteiger partial charge in [-0.3, -0.25) is 0 Å². The predicted molar refractivity (Wildman–Crippen MR) is 60.4 cm³/mol. The van der Waals surface area contributed by atoms with E-state index in [-0.39, 0.29) is 18.1 Å². The highest BCUT2D eigenvalue weighted by molar-refractivity contribution is 4.92. The van der Waals surface area contributed by atoms with Crippen LogP contribution >= 0.6 is 0 Å². The molecule has 0 aliphatic carbocycles. The molecule has 18 heavy (non-hydrogen) atoms. The molecule has 0 saturated carbocycles. The SMILES string of the molecule is FC(F)(F)CCCNC1CCOC2(CCOC2)C1. The fraction of sp³-hybridized carbons (Fsp3) is 1.00.